The Kier molecular flexibility index (Phi) is 3.33. The average Bonchev–Trinajstić information content (AvgIpc) is 3.01. The molecule has 1 aromatic heterocycles. The van der Waals surface area contributed by atoms with Gasteiger partial charge in [0.2, 0.25) is 0 Å². The number of fused-ring (bicyclic) bond motifs is 3. The van der Waals surface area contributed by atoms with Crippen LogP contribution in [0.4, 0.5) is 0 Å². The summed E-state index contributed by atoms with van der Waals surface area (Å²) in [6.07, 6.45) is 3.61. The van der Waals surface area contributed by atoms with Gasteiger partial charge >= 0.3 is 0 Å². The summed E-state index contributed by atoms with van der Waals surface area (Å²) < 4.78 is 14.0. The topological polar surface area (TPSA) is 53.4 Å². The van der Waals surface area contributed by atoms with Crippen LogP contribution in [0.25, 0.3) is 0 Å². The van der Waals surface area contributed by atoms with Gasteiger partial charge in [0.05, 0.1) is 18.9 Å². The highest BCUT2D eigenvalue weighted by Crippen LogP contribution is 2.61. The van der Waals surface area contributed by atoms with Crippen molar-refractivity contribution < 1.29 is 9.47 Å². The second kappa shape index (κ2) is 4.92. The van der Waals surface area contributed by atoms with Crippen LogP contribution in [0.2, 0.25) is 0 Å². The van der Waals surface area contributed by atoms with Crippen molar-refractivity contribution in [1.29, 1.82) is 0 Å². The number of hydrogen-bond acceptors (Lipinski definition) is 4. The van der Waals surface area contributed by atoms with Crippen molar-refractivity contribution in [2.24, 2.45) is 18.4 Å². The minimum Gasteiger partial charge on any atom is -0.347 e. The highest BCUT2D eigenvalue weighted by atomic mass is 16.7. The van der Waals surface area contributed by atoms with E-state index in [1.165, 1.54) is 0 Å². The molecule has 3 aliphatic rings. The molecular formula is C19H28N2O3. The molecule has 1 aliphatic heterocycles. The lowest BCUT2D eigenvalue weighted by Gasteiger charge is -2.59. The quantitative estimate of drug-likeness (QED) is 0.732. The maximum Gasteiger partial charge on any atom is 0.256 e. The molecule has 2 atom stereocenters. The first-order valence-corrected chi connectivity index (χ1v) is 9.08. The van der Waals surface area contributed by atoms with Crippen LogP contribution in [0, 0.1) is 18.3 Å². The Hall–Kier alpha value is -1.20. The predicted octanol–water partition coefficient (Wildman–Crippen LogP) is 2.47. The van der Waals surface area contributed by atoms with Gasteiger partial charge in [-0.05, 0) is 32.1 Å². The summed E-state index contributed by atoms with van der Waals surface area (Å²) in [5.41, 5.74) is 1.88. The number of rotatable bonds is 0. The van der Waals surface area contributed by atoms with Crippen LogP contribution >= 0.6 is 0 Å². The zero-order chi connectivity index (χ0) is 17.3. The molecule has 1 saturated heterocycles. The molecule has 1 spiro atoms. The van der Waals surface area contributed by atoms with Gasteiger partial charge in [0.15, 0.2) is 5.79 Å². The first-order valence-electron chi connectivity index (χ1n) is 9.08. The second-order valence-electron chi connectivity index (χ2n) is 8.53. The van der Waals surface area contributed by atoms with Gasteiger partial charge in [-0.15, -0.1) is 0 Å². The van der Waals surface area contributed by atoms with E-state index < -0.39 is 5.79 Å². The van der Waals surface area contributed by atoms with E-state index >= 15 is 0 Å². The molecule has 1 aromatic rings. The molecule has 2 fully saturated rings. The molecule has 0 N–H and O–H groups in total. The summed E-state index contributed by atoms with van der Waals surface area (Å²) in [5, 5.41) is 0. The van der Waals surface area contributed by atoms with Crippen LogP contribution in [-0.2, 0) is 28.4 Å². The van der Waals surface area contributed by atoms with Crippen molar-refractivity contribution in [3.63, 3.8) is 0 Å². The lowest BCUT2D eigenvalue weighted by atomic mass is 9.49. The maximum atomic E-state index is 12.7. The lowest BCUT2D eigenvalue weighted by Crippen LogP contribution is -2.61. The molecule has 24 heavy (non-hydrogen) atoms. The second-order valence-corrected chi connectivity index (χ2v) is 8.53. The normalized spacial score (nSPS) is 33.3. The summed E-state index contributed by atoms with van der Waals surface area (Å²) in [6, 6.07) is 0. The summed E-state index contributed by atoms with van der Waals surface area (Å²) in [6.45, 7) is 10.1. The monoisotopic (exact) mass is 332 g/mol. The van der Waals surface area contributed by atoms with Crippen LogP contribution in [0.15, 0.2) is 4.79 Å². The minimum absolute atomic E-state index is 0.0875. The summed E-state index contributed by atoms with van der Waals surface area (Å²) in [5.74, 6) is 0.721. The third-order valence-electron chi connectivity index (χ3n) is 7.18. The van der Waals surface area contributed by atoms with Gasteiger partial charge in [0, 0.05) is 29.9 Å². The molecule has 1 saturated carbocycles. The van der Waals surface area contributed by atoms with E-state index in [2.05, 4.69) is 20.8 Å². The van der Waals surface area contributed by atoms with E-state index in [0.717, 1.165) is 42.8 Å². The van der Waals surface area contributed by atoms with Crippen LogP contribution in [0.5, 0.6) is 0 Å². The molecule has 0 radical (unpaired) electrons. The Bertz CT molecular complexity index is 746. The molecule has 5 nitrogen and oxygen atoms in total. The van der Waals surface area contributed by atoms with E-state index in [-0.39, 0.29) is 16.4 Å². The van der Waals surface area contributed by atoms with Gasteiger partial charge in [-0.3, -0.25) is 9.36 Å². The highest BCUT2D eigenvalue weighted by Gasteiger charge is 2.63. The Labute approximate surface area is 143 Å². The predicted molar refractivity (Wildman–Crippen MR) is 91.0 cm³/mol. The van der Waals surface area contributed by atoms with Crippen molar-refractivity contribution in [3.05, 3.63) is 27.4 Å². The van der Waals surface area contributed by atoms with Gasteiger partial charge < -0.3 is 9.47 Å². The number of ether oxygens (including phenoxy) is 2. The third-order valence-corrected chi connectivity index (χ3v) is 7.18. The van der Waals surface area contributed by atoms with Gasteiger partial charge in [-0.1, -0.05) is 20.8 Å². The fourth-order valence-corrected chi connectivity index (χ4v) is 5.66. The van der Waals surface area contributed by atoms with Crippen LogP contribution in [0.3, 0.4) is 0 Å². The molecule has 0 bridgehead atoms. The number of nitrogens with zero attached hydrogens (tertiary/aromatic N) is 2. The van der Waals surface area contributed by atoms with E-state index in [1.54, 1.807) is 4.57 Å². The SMILES string of the molecule is Cc1nc2c(c(=O)n1C)CC[C@H]1C(C)(C)C3(CC[C@]21C)OCCO3. The molecule has 2 heterocycles. The fraction of sp³-hybridized carbons (Fsp3) is 0.789. The van der Waals surface area contributed by atoms with E-state index in [9.17, 15) is 4.79 Å². The largest absolute Gasteiger partial charge is 0.347 e. The van der Waals surface area contributed by atoms with Gasteiger partial charge in [-0.25, -0.2) is 4.98 Å². The van der Waals surface area contributed by atoms with Gasteiger partial charge in [-0.2, -0.15) is 0 Å². The Morgan fingerprint density at radius 1 is 1.17 bits per heavy atom. The van der Waals surface area contributed by atoms with Crippen molar-refractivity contribution in [1.82, 2.24) is 9.55 Å². The smallest absolute Gasteiger partial charge is 0.256 e. The molecule has 0 amide bonds. The standard InChI is InChI=1S/C19H28N2O3/c1-12-20-15-13(16(22)21(12)5)6-7-14-17(2,3)19(23-10-11-24-19)9-8-18(14,15)4/h14H,6-11H2,1-5H3/t14-,18-/m0/s1. The first kappa shape index (κ1) is 16.3. The number of aromatic nitrogens is 2. The fourth-order valence-electron chi connectivity index (χ4n) is 5.66. The third kappa shape index (κ3) is 1.83. The van der Waals surface area contributed by atoms with Gasteiger partial charge in [0.25, 0.3) is 5.56 Å². The Balaban J connectivity index is 1.86. The van der Waals surface area contributed by atoms with Crippen molar-refractivity contribution in [3.8, 4) is 0 Å². The minimum atomic E-state index is -0.469. The van der Waals surface area contributed by atoms with Crippen LogP contribution in [-0.4, -0.2) is 28.6 Å². The van der Waals surface area contributed by atoms with E-state index in [1.807, 2.05) is 14.0 Å². The molecular weight excluding hydrogens is 304 g/mol. The zero-order valence-corrected chi connectivity index (χ0v) is 15.4. The Morgan fingerprint density at radius 3 is 2.50 bits per heavy atom. The number of hydrogen-bond donors (Lipinski definition) is 0. The van der Waals surface area contributed by atoms with Gasteiger partial charge in [0.1, 0.15) is 5.82 Å². The molecule has 2 aliphatic carbocycles. The molecule has 0 aromatic carbocycles. The van der Waals surface area contributed by atoms with Crippen molar-refractivity contribution in [2.45, 2.75) is 64.6 Å². The highest BCUT2D eigenvalue weighted by molar-refractivity contribution is 5.33. The summed E-state index contributed by atoms with van der Waals surface area (Å²) in [7, 11) is 1.82. The molecule has 5 heteroatoms. The zero-order valence-electron chi connectivity index (χ0n) is 15.4. The van der Waals surface area contributed by atoms with E-state index in [4.69, 9.17) is 14.5 Å². The first-order chi connectivity index (χ1) is 11.2. The maximum absolute atomic E-state index is 12.7. The molecule has 132 valence electrons. The van der Waals surface area contributed by atoms with Crippen molar-refractivity contribution >= 4 is 0 Å². The van der Waals surface area contributed by atoms with E-state index in [0.29, 0.717) is 19.1 Å². The molecule has 0 unspecified atom stereocenters. The number of aryl methyl sites for hydroxylation is 1. The lowest BCUT2D eigenvalue weighted by molar-refractivity contribution is -0.276. The average molecular weight is 332 g/mol. The Morgan fingerprint density at radius 2 is 1.83 bits per heavy atom. The summed E-state index contributed by atoms with van der Waals surface area (Å²) >= 11 is 0. The van der Waals surface area contributed by atoms with Crippen molar-refractivity contribution in [2.75, 3.05) is 13.2 Å². The van der Waals surface area contributed by atoms with Crippen LogP contribution < -0.4 is 5.56 Å². The molecule has 4 rings (SSSR count). The summed E-state index contributed by atoms with van der Waals surface area (Å²) in [4.78, 5) is 17.6. The van der Waals surface area contributed by atoms with Crippen LogP contribution in [0.1, 0.15) is 57.1 Å².